The second-order valence-corrected chi connectivity index (χ2v) is 7.87. The van der Waals surface area contributed by atoms with Crippen LogP contribution in [0.2, 0.25) is 5.02 Å². The van der Waals surface area contributed by atoms with Gasteiger partial charge >= 0.3 is 0 Å². The molecule has 0 spiro atoms. The highest BCUT2D eigenvalue weighted by molar-refractivity contribution is 6.31. The minimum Gasteiger partial charge on any atom is -0.370 e. The van der Waals surface area contributed by atoms with Crippen molar-refractivity contribution >= 4 is 34.8 Å². The number of nitrogens with one attached hydrogen (secondary N) is 1. The van der Waals surface area contributed by atoms with E-state index in [4.69, 9.17) is 11.6 Å². The lowest BCUT2D eigenvalue weighted by Gasteiger charge is -2.22. The highest BCUT2D eigenvalue weighted by atomic mass is 35.5. The van der Waals surface area contributed by atoms with Gasteiger partial charge in [-0.1, -0.05) is 23.7 Å². The molecule has 2 aliphatic rings. The third-order valence-corrected chi connectivity index (χ3v) is 5.62. The monoisotopic (exact) mass is 397 g/mol. The summed E-state index contributed by atoms with van der Waals surface area (Å²) in [6.45, 7) is 3.32. The molecular formula is C22H24ClN3O2. The van der Waals surface area contributed by atoms with Crippen LogP contribution in [0.15, 0.2) is 42.5 Å². The van der Waals surface area contributed by atoms with E-state index in [0.717, 1.165) is 55.8 Å². The van der Waals surface area contributed by atoms with Crippen molar-refractivity contribution in [2.75, 3.05) is 29.9 Å². The number of rotatable bonds is 5. The fraction of sp³-hybridized carbons (Fsp3) is 0.364. The Hall–Kier alpha value is -2.53. The number of likely N-dealkylation sites (tertiary alicyclic amines) is 1. The summed E-state index contributed by atoms with van der Waals surface area (Å²) < 4.78 is 0. The second-order valence-electron chi connectivity index (χ2n) is 7.43. The Balaban J connectivity index is 1.52. The zero-order valence-electron chi connectivity index (χ0n) is 15.8. The van der Waals surface area contributed by atoms with Crippen molar-refractivity contribution in [1.29, 1.82) is 0 Å². The molecule has 2 fully saturated rings. The smallest absolute Gasteiger partial charge is 0.255 e. The first kappa shape index (κ1) is 18.8. The maximum Gasteiger partial charge on any atom is 0.255 e. The van der Waals surface area contributed by atoms with Crippen LogP contribution in [-0.2, 0) is 11.3 Å². The molecule has 146 valence electrons. The van der Waals surface area contributed by atoms with Gasteiger partial charge in [0.2, 0.25) is 5.91 Å². The standard InChI is InChI=1S/C22H24ClN3O2/c23-18-8-9-20(25-10-1-2-11-25)19(14-18)24-22(28)17-6-3-5-16(13-17)15-26-12-4-7-21(26)27/h3,5-6,8-9,13-14H,1-2,4,7,10-12,15H2,(H,24,28). The minimum atomic E-state index is -0.169. The van der Waals surface area contributed by atoms with Crippen molar-refractivity contribution in [3.05, 3.63) is 58.6 Å². The molecule has 28 heavy (non-hydrogen) atoms. The van der Waals surface area contributed by atoms with Crippen LogP contribution < -0.4 is 10.2 Å². The average Bonchev–Trinajstić information content (AvgIpc) is 3.35. The van der Waals surface area contributed by atoms with E-state index in [-0.39, 0.29) is 11.8 Å². The fourth-order valence-electron chi connectivity index (χ4n) is 3.94. The van der Waals surface area contributed by atoms with E-state index >= 15 is 0 Å². The second kappa shape index (κ2) is 8.23. The maximum absolute atomic E-state index is 12.9. The number of anilines is 2. The topological polar surface area (TPSA) is 52.7 Å². The Bertz CT molecular complexity index is 893. The third-order valence-electron chi connectivity index (χ3n) is 5.39. The van der Waals surface area contributed by atoms with E-state index in [9.17, 15) is 9.59 Å². The molecule has 0 radical (unpaired) electrons. The van der Waals surface area contributed by atoms with Crippen molar-refractivity contribution in [3.8, 4) is 0 Å². The molecule has 1 N–H and O–H groups in total. The lowest BCUT2D eigenvalue weighted by atomic mass is 10.1. The molecule has 0 aromatic heterocycles. The molecule has 0 bridgehead atoms. The van der Waals surface area contributed by atoms with E-state index in [0.29, 0.717) is 23.6 Å². The molecule has 4 rings (SSSR count). The van der Waals surface area contributed by atoms with Crippen molar-refractivity contribution in [2.45, 2.75) is 32.2 Å². The van der Waals surface area contributed by atoms with Crippen LogP contribution in [0, 0.1) is 0 Å². The summed E-state index contributed by atoms with van der Waals surface area (Å²) in [5, 5.41) is 3.63. The Morgan fingerprint density at radius 2 is 1.86 bits per heavy atom. The molecule has 2 aromatic carbocycles. The molecule has 2 heterocycles. The Morgan fingerprint density at radius 3 is 2.61 bits per heavy atom. The Morgan fingerprint density at radius 1 is 1.04 bits per heavy atom. The lowest BCUT2D eigenvalue weighted by Crippen LogP contribution is -2.24. The summed E-state index contributed by atoms with van der Waals surface area (Å²) in [6.07, 6.45) is 3.85. The number of halogens is 1. The average molecular weight is 398 g/mol. The van der Waals surface area contributed by atoms with Gasteiger partial charge in [0.05, 0.1) is 11.4 Å². The molecule has 2 aromatic rings. The van der Waals surface area contributed by atoms with Crippen LogP contribution in [0.3, 0.4) is 0 Å². The van der Waals surface area contributed by atoms with Crippen LogP contribution >= 0.6 is 11.6 Å². The molecule has 2 aliphatic heterocycles. The van der Waals surface area contributed by atoms with Crippen LogP contribution in [0.25, 0.3) is 0 Å². The first-order valence-corrected chi connectivity index (χ1v) is 10.2. The van der Waals surface area contributed by atoms with Crippen LogP contribution in [0.4, 0.5) is 11.4 Å². The van der Waals surface area contributed by atoms with Gasteiger partial charge in [0.25, 0.3) is 5.91 Å². The molecule has 2 saturated heterocycles. The van der Waals surface area contributed by atoms with Gasteiger partial charge in [-0.15, -0.1) is 0 Å². The van der Waals surface area contributed by atoms with Gasteiger partial charge in [-0.2, -0.15) is 0 Å². The lowest BCUT2D eigenvalue weighted by molar-refractivity contribution is -0.128. The summed E-state index contributed by atoms with van der Waals surface area (Å²) in [4.78, 5) is 28.9. The van der Waals surface area contributed by atoms with Gasteiger partial charge in [-0.3, -0.25) is 9.59 Å². The molecule has 6 heteroatoms. The number of hydrogen-bond donors (Lipinski definition) is 1. The van der Waals surface area contributed by atoms with Crippen molar-refractivity contribution in [2.24, 2.45) is 0 Å². The summed E-state index contributed by atoms with van der Waals surface area (Å²) in [7, 11) is 0. The van der Waals surface area contributed by atoms with Crippen molar-refractivity contribution in [3.63, 3.8) is 0 Å². The van der Waals surface area contributed by atoms with E-state index in [1.165, 1.54) is 0 Å². The summed E-state index contributed by atoms with van der Waals surface area (Å²) >= 11 is 6.18. The first-order valence-electron chi connectivity index (χ1n) is 9.83. The number of benzene rings is 2. The SMILES string of the molecule is O=C(Nc1cc(Cl)ccc1N1CCCC1)c1cccc(CN2CCCC2=O)c1. The molecule has 2 amide bonds. The number of amides is 2. The predicted molar refractivity (Wildman–Crippen MR) is 112 cm³/mol. The van der Waals surface area contributed by atoms with Gasteiger partial charge in [0.1, 0.15) is 0 Å². The van der Waals surface area contributed by atoms with Crippen molar-refractivity contribution in [1.82, 2.24) is 4.90 Å². The summed E-state index contributed by atoms with van der Waals surface area (Å²) in [6, 6.07) is 13.1. The van der Waals surface area contributed by atoms with Gasteiger partial charge in [-0.25, -0.2) is 0 Å². The maximum atomic E-state index is 12.9. The van der Waals surface area contributed by atoms with E-state index in [1.54, 1.807) is 12.1 Å². The number of carbonyl (C=O) groups is 2. The van der Waals surface area contributed by atoms with Gasteiger partial charge in [0.15, 0.2) is 0 Å². The van der Waals surface area contributed by atoms with Crippen LogP contribution in [0.5, 0.6) is 0 Å². The predicted octanol–water partition coefficient (Wildman–Crippen LogP) is 4.31. The quantitative estimate of drug-likeness (QED) is 0.817. The number of carbonyl (C=O) groups excluding carboxylic acids is 2. The molecule has 0 saturated carbocycles. The third kappa shape index (κ3) is 4.14. The van der Waals surface area contributed by atoms with Gasteiger partial charge in [0, 0.05) is 43.2 Å². The highest BCUT2D eigenvalue weighted by Crippen LogP contribution is 2.32. The largest absolute Gasteiger partial charge is 0.370 e. The zero-order valence-corrected chi connectivity index (χ0v) is 16.5. The zero-order chi connectivity index (χ0) is 19.5. The van der Waals surface area contributed by atoms with Gasteiger partial charge < -0.3 is 15.1 Å². The van der Waals surface area contributed by atoms with E-state index in [2.05, 4.69) is 10.2 Å². The fourth-order valence-corrected chi connectivity index (χ4v) is 4.11. The van der Waals surface area contributed by atoms with Crippen molar-refractivity contribution < 1.29 is 9.59 Å². The van der Waals surface area contributed by atoms with E-state index < -0.39 is 0 Å². The van der Waals surface area contributed by atoms with Crippen LogP contribution in [0.1, 0.15) is 41.6 Å². The first-order chi connectivity index (χ1) is 13.6. The number of hydrogen-bond acceptors (Lipinski definition) is 3. The normalized spacial score (nSPS) is 16.7. The summed E-state index contributed by atoms with van der Waals surface area (Å²) in [5.41, 5.74) is 3.29. The number of nitrogens with zero attached hydrogens (tertiary/aromatic N) is 2. The van der Waals surface area contributed by atoms with E-state index in [1.807, 2.05) is 35.2 Å². The van der Waals surface area contributed by atoms with Gasteiger partial charge in [-0.05, 0) is 55.2 Å². The summed E-state index contributed by atoms with van der Waals surface area (Å²) in [5.74, 6) is 0.0151. The highest BCUT2D eigenvalue weighted by Gasteiger charge is 2.21. The Labute approximate surface area is 170 Å². The molecule has 0 atom stereocenters. The van der Waals surface area contributed by atoms with Crippen LogP contribution in [-0.4, -0.2) is 36.3 Å². The molecular weight excluding hydrogens is 374 g/mol. The molecule has 0 aliphatic carbocycles. The molecule has 0 unspecified atom stereocenters. The molecule has 5 nitrogen and oxygen atoms in total. The minimum absolute atomic E-state index is 0.169. The Kier molecular flexibility index (Phi) is 5.53.